The van der Waals surface area contributed by atoms with Crippen molar-refractivity contribution in [3.05, 3.63) is 23.0 Å². The van der Waals surface area contributed by atoms with E-state index in [1.165, 1.54) is 13.1 Å². The molecule has 0 aromatic heterocycles. The van der Waals surface area contributed by atoms with Gasteiger partial charge in [0.25, 0.3) is 0 Å². The van der Waals surface area contributed by atoms with Crippen molar-refractivity contribution in [3.8, 4) is 0 Å². The molecule has 0 bridgehead atoms. The van der Waals surface area contributed by atoms with Crippen LogP contribution in [0.5, 0.6) is 0 Å². The molecule has 2 N–H and O–H groups in total. The fourth-order valence-corrected chi connectivity index (χ4v) is 3.72. The zero-order valence-corrected chi connectivity index (χ0v) is 12.5. The number of likely N-dealkylation sites (N-methyl/N-ethyl adjacent to an activating group) is 1. The zero-order chi connectivity index (χ0) is 14.9. The van der Waals surface area contributed by atoms with Gasteiger partial charge in [-0.25, -0.2) is 12.8 Å². The van der Waals surface area contributed by atoms with Crippen molar-refractivity contribution in [3.63, 3.8) is 0 Å². The zero-order valence-electron chi connectivity index (χ0n) is 11.0. The van der Waals surface area contributed by atoms with Gasteiger partial charge in [-0.1, -0.05) is 11.6 Å². The number of sulfonamides is 1. The number of anilines is 1. The second-order valence-electron chi connectivity index (χ2n) is 4.74. The molecule has 0 aliphatic carbocycles. The second-order valence-corrected chi connectivity index (χ2v) is 7.16. The summed E-state index contributed by atoms with van der Waals surface area (Å²) < 4.78 is 45.1. The molecule has 0 saturated carbocycles. The molecule has 8 heteroatoms. The molecule has 5 nitrogen and oxygen atoms in total. The summed E-state index contributed by atoms with van der Waals surface area (Å²) in [6.45, 7) is 0.797. The number of ether oxygens (including phenoxy) is 1. The van der Waals surface area contributed by atoms with Gasteiger partial charge in [0.1, 0.15) is 4.90 Å². The average Bonchev–Trinajstić information content (AvgIpc) is 2.86. The first kappa shape index (κ1) is 15.5. The Hall–Kier alpha value is -0.890. The average molecular weight is 323 g/mol. The van der Waals surface area contributed by atoms with Crippen LogP contribution in [0.2, 0.25) is 5.02 Å². The monoisotopic (exact) mass is 322 g/mol. The third kappa shape index (κ3) is 3.06. The Morgan fingerprint density at radius 1 is 1.55 bits per heavy atom. The predicted molar refractivity (Wildman–Crippen MR) is 74.6 cm³/mol. The van der Waals surface area contributed by atoms with Crippen LogP contribution in [0.1, 0.15) is 12.8 Å². The summed E-state index contributed by atoms with van der Waals surface area (Å²) in [5, 5.41) is -0.311. The molecule has 1 atom stereocenters. The van der Waals surface area contributed by atoms with Crippen LogP contribution in [-0.4, -0.2) is 39.0 Å². The molecule has 1 aromatic rings. The Balaban J connectivity index is 2.29. The molecular formula is C12H16ClFN2O3S. The highest BCUT2D eigenvalue weighted by atomic mass is 35.5. The van der Waals surface area contributed by atoms with E-state index in [2.05, 4.69) is 0 Å². The molecule has 112 valence electrons. The van der Waals surface area contributed by atoms with Crippen LogP contribution >= 0.6 is 11.6 Å². The minimum absolute atomic E-state index is 0.0977. The molecule has 1 aromatic carbocycles. The van der Waals surface area contributed by atoms with Gasteiger partial charge >= 0.3 is 0 Å². The van der Waals surface area contributed by atoms with Gasteiger partial charge in [0.15, 0.2) is 5.82 Å². The van der Waals surface area contributed by atoms with E-state index in [0.717, 1.165) is 23.2 Å². The van der Waals surface area contributed by atoms with Crippen LogP contribution in [0.3, 0.4) is 0 Å². The Morgan fingerprint density at radius 3 is 2.85 bits per heavy atom. The largest absolute Gasteiger partial charge is 0.399 e. The number of benzene rings is 1. The van der Waals surface area contributed by atoms with Gasteiger partial charge in [-0.15, -0.1) is 0 Å². The first-order valence-electron chi connectivity index (χ1n) is 6.15. The van der Waals surface area contributed by atoms with Crippen molar-refractivity contribution in [2.45, 2.75) is 23.8 Å². The summed E-state index contributed by atoms with van der Waals surface area (Å²) in [5.41, 5.74) is 5.63. The maximum absolute atomic E-state index is 13.9. The number of hydrogen-bond donors (Lipinski definition) is 1. The molecule has 1 saturated heterocycles. The molecule has 1 unspecified atom stereocenters. The standard InChI is InChI=1S/C12H16ClFN2O3S/c1-16(7-9-3-2-4-19-9)20(17,18)11-6-8(15)5-10(13)12(11)14/h5-6,9H,2-4,7,15H2,1H3. The van der Waals surface area contributed by atoms with E-state index in [4.69, 9.17) is 22.1 Å². The summed E-state index contributed by atoms with van der Waals surface area (Å²) in [4.78, 5) is -0.511. The first-order chi connectivity index (χ1) is 9.32. The molecule has 0 spiro atoms. The third-order valence-electron chi connectivity index (χ3n) is 3.19. The minimum atomic E-state index is -3.99. The third-order valence-corrected chi connectivity index (χ3v) is 5.29. The molecule has 0 radical (unpaired) electrons. The normalized spacial score (nSPS) is 19.7. The molecule has 0 amide bonds. The Kier molecular flexibility index (Phi) is 4.53. The highest BCUT2D eigenvalue weighted by Gasteiger charge is 2.29. The second kappa shape index (κ2) is 5.85. The lowest BCUT2D eigenvalue weighted by atomic mass is 10.2. The van der Waals surface area contributed by atoms with Gasteiger partial charge in [-0.05, 0) is 25.0 Å². The topological polar surface area (TPSA) is 72.6 Å². The molecule has 1 aliphatic rings. The highest BCUT2D eigenvalue weighted by molar-refractivity contribution is 7.89. The van der Waals surface area contributed by atoms with Crippen LogP contribution in [0.4, 0.5) is 10.1 Å². The lowest BCUT2D eigenvalue weighted by Crippen LogP contribution is -2.34. The van der Waals surface area contributed by atoms with E-state index in [9.17, 15) is 12.8 Å². The summed E-state index contributed by atoms with van der Waals surface area (Å²) in [5.74, 6) is -0.986. The highest BCUT2D eigenvalue weighted by Crippen LogP contribution is 2.28. The first-order valence-corrected chi connectivity index (χ1v) is 7.96. The van der Waals surface area contributed by atoms with Crippen molar-refractivity contribution in [1.82, 2.24) is 4.31 Å². The summed E-state index contributed by atoms with van der Waals surface area (Å²) in [6, 6.07) is 2.25. The number of rotatable bonds is 4. The van der Waals surface area contributed by atoms with Crippen molar-refractivity contribution >= 4 is 27.3 Å². The van der Waals surface area contributed by atoms with Gasteiger partial charge in [0, 0.05) is 25.9 Å². The van der Waals surface area contributed by atoms with E-state index in [-0.39, 0.29) is 23.4 Å². The van der Waals surface area contributed by atoms with Gasteiger partial charge < -0.3 is 10.5 Å². The summed E-state index contributed by atoms with van der Waals surface area (Å²) in [6.07, 6.45) is 1.53. The number of hydrogen-bond acceptors (Lipinski definition) is 4. The number of nitrogens with zero attached hydrogens (tertiary/aromatic N) is 1. The van der Waals surface area contributed by atoms with E-state index >= 15 is 0 Å². The Bertz CT molecular complexity index is 603. The molecule has 1 fully saturated rings. The van der Waals surface area contributed by atoms with Gasteiger partial charge in [0.05, 0.1) is 11.1 Å². The maximum Gasteiger partial charge on any atom is 0.245 e. The predicted octanol–water partition coefficient (Wildman–Crippen LogP) is 1.86. The SMILES string of the molecule is CN(CC1CCCO1)S(=O)(=O)c1cc(N)cc(Cl)c1F. The Morgan fingerprint density at radius 2 is 2.25 bits per heavy atom. The smallest absolute Gasteiger partial charge is 0.245 e. The molecule has 2 rings (SSSR count). The number of nitrogen functional groups attached to an aromatic ring is 1. The van der Waals surface area contributed by atoms with Gasteiger partial charge in [-0.2, -0.15) is 4.31 Å². The van der Waals surface area contributed by atoms with Crippen molar-refractivity contribution in [2.24, 2.45) is 0 Å². The molecule has 1 aliphatic heterocycles. The Labute approximate surface area is 122 Å². The van der Waals surface area contributed by atoms with Crippen molar-refractivity contribution < 1.29 is 17.5 Å². The maximum atomic E-state index is 13.9. The van der Waals surface area contributed by atoms with Crippen LogP contribution < -0.4 is 5.73 Å². The minimum Gasteiger partial charge on any atom is -0.399 e. The summed E-state index contributed by atoms with van der Waals surface area (Å²) >= 11 is 5.64. The van der Waals surface area contributed by atoms with Gasteiger partial charge in [-0.3, -0.25) is 0 Å². The number of nitrogens with two attached hydrogens (primary N) is 1. The van der Waals surface area contributed by atoms with E-state index in [1.807, 2.05) is 0 Å². The number of halogens is 2. The van der Waals surface area contributed by atoms with E-state index < -0.39 is 20.7 Å². The lowest BCUT2D eigenvalue weighted by molar-refractivity contribution is 0.0978. The van der Waals surface area contributed by atoms with Gasteiger partial charge in [0.2, 0.25) is 10.0 Å². The summed E-state index contributed by atoms with van der Waals surface area (Å²) in [7, 11) is -2.61. The molecule has 1 heterocycles. The quantitative estimate of drug-likeness (QED) is 0.859. The van der Waals surface area contributed by atoms with E-state index in [1.54, 1.807) is 0 Å². The fraction of sp³-hybridized carbons (Fsp3) is 0.500. The van der Waals surface area contributed by atoms with Crippen LogP contribution in [-0.2, 0) is 14.8 Å². The van der Waals surface area contributed by atoms with Crippen LogP contribution in [0.25, 0.3) is 0 Å². The van der Waals surface area contributed by atoms with Crippen LogP contribution in [0.15, 0.2) is 17.0 Å². The fourth-order valence-electron chi connectivity index (χ4n) is 2.11. The van der Waals surface area contributed by atoms with Crippen LogP contribution in [0, 0.1) is 5.82 Å². The van der Waals surface area contributed by atoms with Crippen molar-refractivity contribution in [1.29, 1.82) is 0 Å². The lowest BCUT2D eigenvalue weighted by Gasteiger charge is -2.21. The molecule has 20 heavy (non-hydrogen) atoms. The van der Waals surface area contributed by atoms with E-state index in [0.29, 0.717) is 6.61 Å². The molecular weight excluding hydrogens is 307 g/mol. The van der Waals surface area contributed by atoms with Crippen molar-refractivity contribution in [2.75, 3.05) is 25.9 Å².